The molecule has 2 unspecified atom stereocenters. The van der Waals surface area contributed by atoms with Crippen LogP contribution in [0, 0.1) is 76.9 Å². The predicted octanol–water partition coefficient (Wildman–Crippen LogP) is 16.9. The van der Waals surface area contributed by atoms with Crippen molar-refractivity contribution in [2.75, 3.05) is 6.61 Å². The fraction of sp³-hybridized carbons (Fsp3) is 0.738. The minimum absolute atomic E-state index is 0.0859. The largest absolute Gasteiger partial charge is 0.391 e. The lowest BCUT2D eigenvalue weighted by atomic mass is 9.93. The fourth-order valence-electron chi connectivity index (χ4n) is 10.3. The van der Waals surface area contributed by atoms with E-state index in [0.29, 0.717) is 80.3 Å². The van der Waals surface area contributed by atoms with E-state index in [1.165, 1.54) is 59.6 Å². The molecule has 0 amide bonds. The Bertz CT molecular complexity index is 3210. The molecule has 7 rings (SSSR count). The molecule has 0 aliphatic heterocycles. The van der Waals surface area contributed by atoms with E-state index < -0.39 is 17.6 Å². The number of carbonyl (C=O) groups is 1. The zero-order valence-corrected chi connectivity index (χ0v) is 71.4. The van der Waals surface area contributed by atoms with Gasteiger partial charge in [-0.2, -0.15) is 44.5 Å². The van der Waals surface area contributed by atoms with E-state index >= 15 is 0 Å². The lowest BCUT2D eigenvalue weighted by Gasteiger charge is -2.27. The van der Waals surface area contributed by atoms with E-state index in [4.69, 9.17) is 4.74 Å². The number of carbonyl (C=O) groups excluding carboxylic acids is 1. The number of Topliss-reactive ketones (excluding diaryl/α,β-unsaturated/α-hetero) is 1. The molecule has 0 aliphatic carbocycles. The van der Waals surface area contributed by atoms with Gasteiger partial charge in [-0.3, -0.25) is 32.9 Å². The van der Waals surface area contributed by atoms with Crippen LogP contribution in [0.2, 0.25) is 0 Å². The van der Waals surface area contributed by atoms with Crippen molar-refractivity contribution in [2.45, 2.75) is 321 Å². The lowest BCUT2D eigenvalue weighted by Crippen LogP contribution is -2.36. The highest BCUT2D eigenvalue weighted by Crippen LogP contribution is 2.30. The van der Waals surface area contributed by atoms with Crippen LogP contribution in [0.1, 0.15) is 240 Å². The Morgan fingerprint density at radius 2 is 0.651 bits per heavy atom. The van der Waals surface area contributed by atoms with Gasteiger partial charge in [0.1, 0.15) is 0 Å². The van der Waals surface area contributed by atoms with E-state index in [9.17, 15) is 34.0 Å². The van der Waals surface area contributed by atoms with Crippen LogP contribution in [-0.4, -0.2) is 131 Å². The van der Waals surface area contributed by atoms with Crippen molar-refractivity contribution in [3.63, 3.8) is 0 Å². The Morgan fingerprint density at radius 3 is 0.934 bits per heavy atom. The van der Waals surface area contributed by atoms with Crippen molar-refractivity contribution in [1.82, 2.24) is 68.5 Å². The smallest absolute Gasteiger partial charge is 0.345 e. The van der Waals surface area contributed by atoms with Gasteiger partial charge in [0.2, 0.25) is 0 Å². The number of hydrogen-bond acceptors (Lipinski definition) is 13. The van der Waals surface area contributed by atoms with Crippen molar-refractivity contribution in [1.29, 1.82) is 0 Å². The summed E-state index contributed by atoms with van der Waals surface area (Å²) in [5.74, 6) is 5.00. The molecule has 0 bridgehead atoms. The van der Waals surface area contributed by atoms with Crippen LogP contribution in [0.4, 0.5) is 8.78 Å². The zero-order valence-electron chi connectivity index (χ0n) is 71.4. The van der Waals surface area contributed by atoms with Gasteiger partial charge in [0.05, 0.1) is 119 Å². The van der Waals surface area contributed by atoms with E-state index in [1.54, 1.807) is 4.68 Å². The lowest BCUT2D eigenvalue weighted by molar-refractivity contribution is -0.133. The third kappa shape index (κ3) is 43.1. The highest BCUT2D eigenvalue weighted by molar-refractivity contribution is 5.79. The minimum Gasteiger partial charge on any atom is -0.391 e. The van der Waals surface area contributed by atoms with Gasteiger partial charge in [0.15, 0.2) is 5.78 Å². The first-order valence-electron chi connectivity index (χ1n) is 39.6. The molecular weight excluding hydrogens is 1340 g/mol. The summed E-state index contributed by atoms with van der Waals surface area (Å²) in [6.45, 7) is 63.7. The average molecular weight is 1490 g/mol. The Balaban J connectivity index is 0.000000618. The second-order valence-electron chi connectivity index (χ2n) is 34.6. The standard InChI is InChI=1S/C13H24N2O.3C12H22N2O.C12H20N2O.C12H22N2O.C11H18F2N2/c1-10(2)6-12-7-14-15(8-12)9-13(5,16)11(3)4;4*1-9(2)5-11-6-13-14(7-11)8-12(15)10(3)4;1-10(2)7-12-8-13-14(9-12)5-6-15-11(3)4;1-8(2)5-10-6-14-15(7-10)11(12,13)9(3)4/h7-8,10-11,16H,6,9H2,1-5H3;3*6-7,9-10,12,15H,5,8H2,1-4H3;6-7,9-10H,5,8H2,1-4H3;8-11H,5-7H2,1-4H3;6-9H,5H2,1-4H3/t;2*12-;;;;/m.10..../s1. The molecule has 7 heterocycles. The summed E-state index contributed by atoms with van der Waals surface area (Å²) in [6.07, 6.45) is 33.1. The van der Waals surface area contributed by atoms with Gasteiger partial charge < -0.3 is 25.2 Å². The van der Waals surface area contributed by atoms with E-state index in [1.807, 2.05) is 182 Å². The van der Waals surface area contributed by atoms with Crippen molar-refractivity contribution in [3.05, 3.63) is 126 Å². The molecule has 7 aromatic heterocycles. The second-order valence-corrected chi connectivity index (χ2v) is 34.6. The summed E-state index contributed by atoms with van der Waals surface area (Å²) in [5.41, 5.74) is 7.69. The maximum Gasteiger partial charge on any atom is 0.345 e. The van der Waals surface area contributed by atoms with E-state index in [0.717, 1.165) is 68.3 Å². The first-order chi connectivity index (χ1) is 49.2. The van der Waals surface area contributed by atoms with Gasteiger partial charge in [-0.05, 0) is 170 Å². The van der Waals surface area contributed by atoms with Gasteiger partial charge in [-0.25, -0.2) is 4.68 Å². The van der Waals surface area contributed by atoms with Crippen LogP contribution in [0.15, 0.2) is 86.8 Å². The van der Waals surface area contributed by atoms with Gasteiger partial charge in [0, 0.05) is 55.2 Å². The third-order valence-corrected chi connectivity index (χ3v) is 17.2. The van der Waals surface area contributed by atoms with Gasteiger partial charge in [-0.15, -0.1) is 0 Å². The molecule has 7 aromatic rings. The maximum absolute atomic E-state index is 13.5. The molecule has 0 aliphatic rings. The van der Waals surface area contributed by atoms with Gasteiger partial charge >= 0.3 is 6.05 Å². The molecule has 22 heteroatoms. The maximum atomic E-state index is 13.5. The fourth-order valence-corrected chi connectivity index (χ4v) is 10.3. The SMILES string of the molecule is CC(C)Cc1cnn(C(F)(F)C(C)C)c1.CC(C)Cc1cnn(CC(=O)C(C)C)c1.CC(C)Cc1cnn(CC(C)(O)C(C)C)c1.CC(C)Cc1cnn(CC(O)C(C)C)c1.CC(C)Cc1cnn(CCOC(C)C)c1.CC(C)Cc1cnn(C[C@@H](O)C(C)C)c1.CC(C)Cc1cnn(C[C@H](O)C(C)C)c1. The quantitative estimate of drug-likeness (QED) is 0.0290. The monoisotopic (exact) mass is 1490 g/mol. The number of alkyl halides is 2. The van der Waals surface area contributed by atoms with Gasteiger partial charge in [-0.1, -0.05) is 180 Å². The van der Waals surface area contributed by atoms with Crippen LogP contribution in [-0.2, 0) is 99.8 Å². The number of aliphatic hydroxyl groups excluding tert-OH is 3. The van der Waals surface area contributed by atoms with Crippen molar-refractivity contribution < 1.29 is 38.7 Å². The Morgan fingerprint density at radius 1 is 0.387 bits per heavy atom. The number of aliphatic hydroxyl groups is 4. The molecule has 0 saturated carbocycles. The van der Waals surface area contributed by atoms with Crippen LogP contribution in [0.25, 0.3) is 0 Å². The normalized spacial score (nSPS) is 13.3. The van der Waals surface area contributed by atoms with Crippen molar-refractivity contribution in [3.8, 4) is 0 Å². The molecule has 0 spiro atoms. The topological polar surface area (TPSA) is 232 Å². The molecular formula is C84H150F2N14O6. The van der Waals surface area contributed by atoms with Gasteiger partial charge in [0.25, 0.3) is 0 Å². The molecule has 4 N–H and O–H groups in total. The Labute approximate surface area is 640 Å². The molecule has 606 valence electrons. The summed E-state index contributed by atoms with van der Waals surface area (Å²) in [7, 11) is 0. The number of aromatic nitrogens is 14. The number of nitrogens with zero attached hydrogens (tertiary/aromatic N) is 14. The van der Waals surface area contributed by atoms with Crippen LogP contribution >= 0.6 is 0 Å². The van der Waals surface area contributed by atoms with Crippen molar-refractivity contribution in [2.24, 2.45) is 76.9 Å². The van der Waals surface area contributed by atoms with Crippen LogP contribution in [0.5, 0.6) is 0 Å². The number of halogens is 2. The molecule has 0 fully saturated rings. The highest BCUT2D eigenvalue weighted by atomic mass is 19.3. The zero-order chi connectivity index (χ0) is 80.9. The number of ether oxygens (including phenoxy) is 1. The average Bonchev–Trinajstić information content (AvgIpc) is 1.66. The molecule has 20 nitrogen and oxygen atoms in total. The molecule has 4 atom stereocenters. The Kier molecular flexibility index (Phi) is 45.9. The third-order valence-electron chi connectivity index (χ3n) is 17.2. The first kappa shape index (κ1) is 97.8. The summed E-state index contributed by atoms with van der Waals surface area (Å²) >= 11 is 0. The summed E-state index contributed by atoms with van der Waals surface area (Å²) < 4.78 is 44.4. The molecule has 0 radical (unpaired) electrons. The minimum atomic E-state index is -2.89. The number of ketones is 1. The Hall–Kier alpha value is -6.20. The molecule has 106 heavy (non-hydrogen) atoms. The summed E-state index contributed by atoms with van der Waals surface area (Å²) in [4.78, 5) is 11.5. The van der Waals surface area contributed by atoms with E-state index in [2.05, 4.69) is 139 Å². The molecule has 0 aromatic carbocycles. The highest BCUT2D eigenvalue weighted by Gasteiger charge is 2.36. The summed E-state index contributed by atoms with van der Waals surface area (Å²) in [6, 6.07) is -2.89. The number of hydrogen-bond donors (Lipinski definition) is 4. The second kappa shape index (κ2) is 49.8. The van der Waals surface area contributed by atoms with E-state index in [-0.39, 0.29) is 53.7 Å². The van der Waals surface area contributed by atoms with Crippen LogP contribution in [0.3, 0.4) is 0 Å². The first-order valence-corrected chi connectivity index (χ1v) is 39.6. The summed E-state index contributed by atoms with van der Waals surface area (Å²) in [5, 5.41) is 68.6. The molecule has 0 saturated heterocycles. The number of rotatable bonds is 35. The van der Waals surface area contributed by atoms with Crippen molar-refractivity contribution >= 4 is 5.78 Å². The van der Waals surface area contributed by atoms with Crippen LogP contribution < -0.4 is 0 Å². The predicted molar refractivity (Wildman–Crippen MR) is 429 cm³/mol.